The molecule has 118 valence electrons. The van der Waals surface area contributed by atoms with Crippen LogP contribution in [0.5, 0.6) is 0 Å². The van der Waals surface area contributed by atoms with E-state index < -0.39 is 0 Å². The number of imidazole rings is 1. The van der Waals surface area contributed by atoms with Gasteiger partial charge >= 0.3 is 0 Å². The van der Waals surface area contributed by atoms with E-state index in [1.807, 2.05) is 32.1 Å². The maximum atomic E-state index is 5.82. The van der Waals surface area contributed by atoms with Gasteiger partial charge in [-0.25, -0.2) is 4.98 Å². The van der Waals surface area contributed by atoms with Gasteiger partial charge in [0.2, 0.25) is 5.82 Å². The van der Waals surface area contributed by atoms with Crippen LogP contribution < -0.4 is 0 Å². The Morgan fingerprint density at radius 3 is 2.74 bits per heavy atom. The second-order valence-corrected chi connectivity index (χ2v) is 6.14. The van der Waals surface area contributed by atoms with E-state index in [1.54, 1.807) is 6.08 Å². The third-order valence-corrected chi connectivity index (χ3v) is 4.29. The molecule has 0 aliphatic heterocycles. The average Bonchev–Trinajstić information content (AvgIpc) is 2.94. The number of nitrogens with zero attached hydrogens (tertiary/aromatic N) is 3. The van der Waals surface area contributed by atoms with Crippen LogP contribution in [-0.4, -0.2) is 20.1 Å². The van der Waals surface area contributed by atoms with Gasteiger partial charge in [-0.3, -0.25) is 0 Å². The van der Waals surface area contributed by atoms with Gasteiger partial charge in [-0.1, -0.05) is 12.1 Å². The Balaban J connectivity index is 1.49. The van der Waals surface area contributed by atoms with Gasteiger partial charge in [0.1, 0.15) is 11.5 Å². The average molecular weight is 310 g/mol. The smallest absolute Gasteiger partial charge is 0.251 e. The Hall–Kier alpha value is -2.63. The molecule has 0 saturated heterocycles. The van der Waals surface area contributed by atoms with E-state index in [4.69, 9.17) is 8.94 Å². The molecule has 0 aromatic carbocycles. The summed E-state index contributed by atoms with van der Waals surface area (Å²) in [6.07, 6.45) is 4.80. The van der Waals surface area contributed by atoms with Crippen LogP contribution in [0.15, 0.2) is 21.1 Å². The van der Waals surface area contributed by atoms with Crippen molar-refractivity contribution < 1.29 is 8.94 Å². The summed E-state index contributed by atoms with van der Waals surface area (Å²) in [5.41, 5.74) is 1.93. The van der Waals surface area contributed by atoms with Crippen LogP contribution in [0.4, 0.5) is 0 Å². The van der Waals surface area contributed by atoms with Crippen LogP contribution in [0, 0.1) is 19.8 Å². The molecule has 1 N–H and O–H groups in total. The van der Waals surface area contributed by atoms with Gasteiger partial charge in [0.25, 0.3) is 5.89 Å². The first-order chi connectivity index (χ1) is 11.1. The first-order valence-electron chi connectivity index (χ1n) is 7.75. The molecule has 3 heterocycles. The summed E-state index contributed by atoms with van der Waals surface area (Å²) in [5, 5.41) is 3.94. The lowest BCUT2D eigenvalue weighted by atomic mass is 10.3. The summed E-state index contributed by atoms with van der Waals surface area (Å²) in [4.78, 5) is 11.8. The molecule has 6 heteroatoms. The molecular formula is C17H18N4O2. The lowest BCUT2D eigenvalue weighted by Crippen LogP contribution is -1.83. The molecule has 6 nitrogen and oxygen atoms in total. The lowest BCUT2D eigenvalue weighted by Gasteiger charge is -1.89. The number of hydrogen-bond acceptors (Lipinski definition) is 5. The number of aryl methyl sites for hydroxylation is 2. The van der Waals surface area contributed by atoms with Gasteiger partial charge in [-0.2, -0.15) is 4.98 Å². The summed E-state index contributed by atoms with van der Waals surface area (Å²) in [5.74, 6) is 4.66. The Bertz CT molecular complexity index is 851. The fraction of sp³-hybridized carbons (Fsp3) is 0.353. The summed E-state index contributed by atoms with van der Waals surface area (Å²) in [6, 6.07) is 4.01. The van der Waals surface area contributed by atoms with E-state index in [1.165, 1.54) is 6.42 Å². The molecule has 1 fully saturated rings. The minimum absolute atomic E-state index is 0.421. The number of hydrogen-bond donors (Lipinski definition) is 1. The fourth-order valence-electron chi connectivity index (χ4n) is 2.58. The van der Waals surface area contributed by atoms with E-state index in [2.05, 4.69) is 27.0 Å². The van der Waals surface area contributed by atoms with Crippen molar-refractivity contribution in [2.75, 3.05) is 0 Å². The Morgan fingerprint density at radius 2 is 2.04 bits per heavy atom. The molecule has 3 aromatic heterocycles. The lowest BCUT2D eigenvalue weighted by molar-refractivity contribution is 0.411. The van der Waals surface area contributed by atoms with Gasteiger partial charge in [-0.05, 0) is 44.4 Å². The highest BCUT2D eigenvalue weighted by atomic mass is 16.5. The normalized spacial score (nSPS) is 20.5. The van der Waals surface area contributed by atoms with Crippen LogP contribution in [0.3, 0.4) is 0 Å². The van der Waals surface area contributed by atoms with Crippen molar-refractivity contribution >= 4 is 12.2 Å². The third-order valence-electron chi connectivity index (χ3n) is 4.29. The standard InChI is InChI=1S/C17H18N4O2/c1-9-8-13(9)14-6-4-12(22-14)5-7-15-20-17(21-23-15)16-18-10(2)11(3)19-16/h4-7,9,13H,8H2,1-3H3,(H,18,19)/b7-5+. The molecule has 1 aliphatic rings. The number of H-pyrrole nitrogens is 1. The maximum absolute atomic E-state index is 5.82. The summed E-state index contributed by atoms with van der Waals surface area (Å²) in [7, 11) is 0. The van der Waals surface area contributed by atoms with E-state index in [0.717, 1.165) is 28.8 Å². The zero-order valence-electron chi connectivity index (χ0n) is 13.3. The second-order valence-electron chi connectivity index (χ2n) is 6.14. The van der Waals surface area contributed by atoms with Gasteiger partial charge in [-0.15, -0.1) is 0 Å². The predicted molar refractivity (Wildman–Crippen MR) is 85.5 cm³/mol. The third kappa shape index (κ3) is 2.72. The van der Waals surface area contributed by atoms with Gasteiger partial charge in [0.15, 0.2) is 5.82 Å². The zero-order chi connectivity index (χ0) is 16.0. The molecule has 0 spiro atoms. The van der Waals surface area contributed by atoms with Crippen LogP contribution in [0.25, 0.3) is 23.8 Å². The van der Waals surface area contributed by atoms with Crippen molar-refractivity contribution in [3.8, 4) is 11.6 Å². The van der Waals surface area contributed by atoms with Crippen molar-refractivity contribution in [3.05, 3.63) is 40.9 Å². The molecule has 2 atom stereocenters. The molecule has 0 radical (unpaired) electrons. The maximum Gasteiger partial charge on any atom is 0.251 e. The van der Waals surface area contributed by atoms with Crippen molar-refractivity contribution in [3.63, 3.8) is 0 Å². The largest absolute Gasteiger partial charge is 0.461 e. The molecule has 0 amide bonds. The number of rotatable bonds is 4. The molecule has 2 unspecified atom stereocenters. The van der Waals surface area contributed by atoms with Crippen molar-refractivity contribution in [1.29, 1.82) is 0 Å². The first-order valence-corrected chi connectivity index (χ1v) is 7.75. The predicted octanol–water partition coefficient (Wildman–Crippen LogP) is 3.96. The van der Waals surface area contributed by atoms with Crippen LogP contribution in [0.2, 0.25) is 0 Å². The van der Waals surface area contributed by atoms with Crippen LogP contribution in [0.1, 0.15) is 48.1 Å². The molecule has 0 bridgehead atoms. The highest BCUT2D eigenvalue weighted by molar-refractivity contribution is 5.64. The summed E-state index contributed by atoms with van der Waals surface area (Å²) < 4.78 is 11.0. The van der Waals surface area contributed by atoms with Gasteiger partial charge in [0.05, 0.1) is 5.69 Å². The Kier molecular flexibility index (Phi) is 3.18. The van der Waals surface area contributed by atoms with Crippen molar-refractivity contribution in [1.82, 2.24) is 20.1 Å². The van der Waals surface area contributed by atoms with Crippen LogP contribution >= 0.6 is 0 Å². The van der Waals surface area contributed by atoms with Crippen molar-refractivity contribution in [2.45, 2.75) is 33.1 Å². The molecular weight excluding hydrogens is 292 g/mol. The number of furan rings is 1. The highest BCUT2D eigenvalue weighted by Gasteiger charge is 2.36. The summed E-state index contributed by atoms with van der Waals surface area (Å²) >= 11 is 0. The second kappa shape index (κ2) is 5.22. The minimum Gasteiger partial charge on any atom is -0.461 e. The van der Waals surface area contributed by atoms with E-state index >= 15 is 0 Å². The monoisotopic (exact) mass is 310 g/mol. The van der Waals surface area contributed by atoms with E-state index in [0.29, 0.717) is 23.5 Å². The van der Waals surface area contributed by atoms with E-state index in [-0.39, 0.29) is 0 Å². The number of aromatic amines is 1. The molecule has 3 aromatic rings. The SMILES string of the molecule is Cc1nc(-c2noc(/C=C/c3ccc(C4CC4C)o3)n2)[nH]c1C. The Labute approximate surface area is 133 Å². The zero-order valence-corrected chi connectivity index (χ0v) is 13.3. The number of nitrogens with one attached hydrogen (secondary N) is 1. The van der Waals surface area contributed by atoms with Crippen LogP contribution in [-0.2, 0) is 0 Å². The summed E-state index contributed by atoms with van der Waals surface area (Å²) in [6.45, 7) is 6.13. The topological polar surface area (TPSA) is 80.7 Å². The Morgan fingerprint density at radius 1 is 1.22 bits per heavy atom. The molecule has 4 rings (SSSR count). The quantitative estimate of drug-likeness (QED) is 0.788. The molecule has 23 heavy (non-hydrogen) atoms. The van der Waals surface area contributed by atoms with Crippen molar-refractivity contribution in [2.24, 2.45) is 5.92 Å². The fourth-order valence-corrected chi connectivity index (χ4v) is 2.58. The molecule has 1 saturated carbocycles. The first kappa shape index (κ1) is 14.0. The van der Waals surface area contributed by atoms with Gasteiger partial charge < -0.3 is 13.9 Å². The highest BCUT2D eigenvalue weighted by Crippen LogP contribution is 2.47. The van der Waals surface area contributed by atoms with E-state index in [9.17, 15) is 0 Å². The molecule has 1 aliphatic carbocycles. The number of aromatic nitrogens is 4. The minimum atomic E-state index is 0.421. The van der Waals surface area contributed by atoms with Gasteiger partial charge in [0, 0.05) is 17.7 Å².